The molecule has 0 saturated carbocycles. The highest BCUT2D eigenvalue weighted by Gasteiger charge is 2.01. The molecule has 4 aromatic carbocycles. The smallest absolute Gasteiger partial charge is 0.0889 e. The van der Waals surface area contributed by atoms with Crippen LogP contribution in [0.5, 0.6) is 0 Å². The summed E-state index contributed by atoms with van der Waals surface area (Å²) in [4.78, 5) is 37.5. The third-order valence-corrected chi connectivity index (χ3v) is 12.2. The predicted octanol–water partition coefficient (Wildman–Crippen LogP) is 18.9. The molecule has 0 radical (unpaired) electrons. The van der Waals surface area contributed by atoms with Crippen molar-refractivity contribution in [1.29, 1.82) is 0 Å². The maximum absolute atomic E-state index is 4.44. The SMILES string of the molecule is Cc1ccc(-c2ccccc2)cn1.Cc1cccc(-c2ccccc2)n1.Cc1cccc(-c2ccccn2)n1.Cc1ccccn1.Cc1cccnc1.Cc1ccnc(-c2ccccc2)c1.Cc1ccncc1.Cc1cncc(-c2ccccc2)c1. The number of nitrogens with zero attached hydrogens (tertiary/aromatic N) is 9. The van der Waals surface area contributed by atoms with Gasteiger partial charge in [-0.1, -0.05) is 158 Å². The number of hydrogen-bond donors (Lipinski definition) is 0. The van der Waals surface area contributed by atoms with Crippen molar-refractivity contribution in [2.24, 2.45) is 0 Å². The monoisotopic (exact) mass is 1130 g/mol. The Morgan fingerprint density at radius 2 is 0.686 bits per heavy atom. The first-order chi connectivity index (χ1) is 42.0. The van der Waals surface area contributed by atoms with Crippen LogP contribution in [-0.4, -0.2) is 44.9 Å². The minimum absolute atomic E-state index is 0.922. The quantitative estimate of drug-likeness (QED) is 0.166. The molecule has 0 atom stereocenters. The molecule has 0 N–H and O–H groups in total. The third-order valence-electron chi connectivity index (χ3n) is 12.2. The highest BCUT2D eigenvalue weighted by atomic mass is 14.8. The summed E-state index contributed by atoms with van der Waals surface area (Å²) >= 11 is 0. The van der Waals surface area contributed by atoms with Crippen LogP contribution in [-0.2, 0) is 0 Å². The van der Waals surface area contributed by atoms with Gasteiger partial charge in [-0.3, -0.25) is 44.9 Å². The maximum atomic E-state index is 4.44. The van der Waals surface area contributed by atoms with E-state index in [2.05, 4.69) is 125 Å². The molecule has 0 aliphatic heterocycles. The molecule has 86 heavy (non-hydrogen) atoms. The molecule has 0 amide bonds. The second-order valence-corrected chi connectivity index (χ2v) is 19.7. The van der Waals surface area contributed by atoms with Crippen LogP contribution in [0, 0.1) is 55.4 Å². The van der Waals surface area contributed by atoms with E-state index in [1.54, 1.807) is 31.0 Å². The highest BCUT2D eigenvalue weighted by molar-refractivity contribution is 5.64. The van der Waals surface area contributed by atoms with Gasteiger partial charge in [-0.25, -0.2) is 0 Å². The molecule has 0 bridgehead atoms. The Morgan fingerprint density at radius 1 is 0.198 bits per heavy atom. The minimum Gasteiger partial charge on any atom is -0.265 e. The van der Waals surface area contributed by atoms with Crippen molar-refractivity contribution in [1.82, 2.24) is 44.9 Å². The van der Waals surface area contributed by atoms with Crippen LogP contribution in [0.4, 0.5) is 0 Å². The molecular weight excluding hydrogens is 1050 g/mol. The molecule has 0 aliphatic carbocycles. The Bertz CT molecular complexity index is 3450. The molecule has 428 valence electrons. The topological polar surface area (TPSA) is 116 Å². The van der Waals surface area contributed by atoms with E-state index in [0.717, 1.165) is 45.6 Å². The average Bonchev–Trinajstić information content (AvgIpc) is 3.76. The van der Waals surface area contributed by atoms with Crippen molar-refractivity contribution in [2.75, 3.05) is 0 Å². The molecule has 0 spiro atoms. The van der Waals surface area contributed by atoms with E-state index in [0.29, 0.717) is 0 Å². The second-order valence-electron chi connectivity index (χ2n) is 19.7. The Hall–Kier alpha value is -10.8. The molecule has 0 fully saturated rings. The minimum atomic E-state index is 0.922. The van der Waals surface area contributed by atoms with E-state index in [1.165, 1.54) is 55.6 Å². The van der Waals surface area contributed by atoms with Gasteiger partial charge in [0.25, 0.3) is 0 Å². The van der Waals surface area contributed by atoms with Gasteiger partial charge in [-0.05, 0) is 180 Å². The van der Waals surface area contributed by atoms with Crippen LogP contribution in [0.1, 0.15) is 45.0 Å². The van der Waals surface area contributed by atoms with Crippen molar-refractivity contribution in [3.8, 4) is 56.2 Å². The Kier molecular flexibility index (Phi) is 28.0. The van der Waals surface area contributed by atoms with E-state index < -0.39 is 0 Å². The lowest BCUT2D eigenvalue weighted by Crippen LogP contribution is -1.87. The summed E-state index contributed by atoms with van der Waals surface area (Å²) in [6.45, 7) is 16.1. The van der Waals surface area contributed by atoms with Gasteiger partial charge >= 0.3 is 0 Å². The van der Waals surface area contributed by atoms with E-state index in [9.17, 15) is 0 Å². The van der Waals surface area contributed by atoms with Gasteiger partial charge < -0.3 is 0 Å². The fourth-order valence-corrected chi connectivity index (χ4v) is 7.75. The standard InChI is InChI=1S/4C12H11N.C11H10N2.3C6H7N/c1-10-6-5-9-12(13-10)11-7-3-2-4-8-11;1-10-7-12(9-13-8-10)11-5-3-2-4-6-11;1-10-7-8-12(9-13-10)11-5-3-2-4-6-11;1-10-7-8-13-12(9-10)11-5-3-2-4-6-11;1-9-5-4-7-11(13-9)10-6-2-3-8-12-10;1-6-2-4-7-5-3-6;1-6-3-2-4-7-5-6;1-6-4-2-3-5-7-6/h4*2-9H,1H3;2-8H,1H3;3*2-5H,1H3. The van der Waals surface area contributed by atoms with Gasteiger partial charge in [-0.15, -0.1) is 0 Å². The lowest BCUT2D eigenvalue weighted by Gasteiger charge is -2.00. The molecule has 9 heterocycles. The number of benzene rings is 4. The van der Waals surface area contributed by atoms with Crippen LogP contribution in [0.2, 0.25) is 0 Å². The molecule has 9 heteroatoms. The summed E-state index contributed by atoms with van der Waals surface area (Å²) in [6, 6.07) is 82.9. The third kappa shape index (κ3) is 25.2. The summed E-state index contributed by atoms with van der Waals surface area (Å²) in [5.41, 5.74) is 20.2. The van der Waals surface area contributed by atoms with Crippen molar-refractivity contribution in [3.63, 3.8) is 0 Å². The molecule has 0 saturated heterocycles. The Morgan fingerprint density at radius 3 is 1.14 bits per heavy atom. The number of rotatable bonds is 5. The zero-order chi connectivity index (χ0) is 60.8. The highest BCUT2D eigenvalue weighted by Crippen LogP contribution is 2.20. The largest absolute Gasteiger partial charge is 0.265 e. The molecule has 9 nitrogen and oxygen atoms in total. The number of hydrogen-bond acceptors (Lipinski definition) is 9. The summed E-state index contributed by atoms with van der Waals surface area (Å²) in [5, 5.41) is 0. The van der Waals surface area contributed by atoms with Crippen LogP contribution in [0.25, 0.3) is 56.2 Å². The number of aromatic nitrogens is 9. The summed E-state index contributed by atoms with van der Waals surface area (Å²) in [5.74, 6) is 0. The Labute approximate surface area is 509 Å². The fourth-order valence-electron chi connectivity index (χ4n) is 7.75. The molecule has 0 unspecified atom stereocenters. The van der Waals surface area contributed by atoms with Crippen LogP contribution in [0.15, 0.2) is 311 Å². The van der Waals surface area contributed by atoms with Crippen molar-refractivity contribution >= 4 is 0 Å². The van der Waals surface area contributed by atoms with E-state index >= 15 is 0 Å². The zero-order valence-corrected chi connectivity index (χ0v) is 50.5. The summed E-state index contributed by atoms with van der Waals surface area (Å²) in [6.07, 6.45) is 18.3. The molecule has 0 aliphatic rings. The second kappa shape index (κ2) is 37.4. The van der Waals surface area contributed by atoms with Gasteiger partial charge in [0.2, 0.25) is 0 Å². The van der Waals surface area contributed by atoms with Crippen LogP contribution in [0.3, 0.4) is 0 Å². The van der Waals surface area contributed by atoms with Crippen molar-refractivity contribution < 1.29 is 0 Å². The first-order valence-electron chi connectivity index (χ1n) is 28.4. The maximum Gasteiger partial charge on any atom is 0.0889 e. The molecule has 13 aromatic rings. The van der Waals surface area contributed by atoms with Crippen LogP contribution < -0.4 is 0 Å². The van der Waals surface area contributed by atoms with E-state index in [1.807, 2.05) is 255 Å². The van der Waals surface area contributed by atoms with Gasteiger partial charge in [0.1, 0.15) is 0 Å². The summed E-state index contributed by atoms with van der Waals surface area (Å²) < 4.78 is 0. The molecular formula is C77H75N9. The fraction of sp³-hybridized carbons (Fsp3) is 0.104. The Balaban J connectivity index is 0.000000159. The average molecular weight is 1130 g/mol. The molecule has 13 rings (SSSR count). The number of pyridine rings is 9. The van der Waals surface area contributed by atoms with E-state index in [-0.39, 0.29) is 0 Å². The lowest BCUT2D eigenvalue weighted by atomic mass is 10.1. The normalized spacial score (nSPS) is 9.63. The van der Waals surface area contributed by atoms with Crippen molar-refractivity contribution in [2.45, 2.75) is 55.4 Å². The number of aryl methyl sites for hydroxylation is 8. The zero-order valence-electron chi connectivity index (χ0n) is 50.5. The van der Waals surface area contributed by atoms with E-state index in [4.69, 9.17) is 0 Å². The first-order valence-corrected chi connectivity index (χ1v) is 28.4. The van der Waals surface area contributed by atoms with Crippen molar-refractivity contribution in [3.05, 3.63) is 356 Å². The van der Waals surface area contributed by atoms with Gasteiger partial charge in [0.15, 0.2) is 0 Å². The molecule has 9 aromatic heterocycles. The first kappa shape index (κ1) is 64.4. The lowest BCUT2D eigenvalue weighted by molar-refractivity contribution is 1.18. The summed E-state index contributed by atoms with van der Waals surface area (Å²) in [7, 11) is 0. The van der Waals surface area contributed by atoms with Gasteiger partial charge in [-0.2, -0.15) is 0 Å². The van der Waals surface area contributed by atoms with Gasteiger partial charge in [0, 0.05) is 107 Å². The van der Waals surface area contributed by atoms with Gasteiger partial charge in [0.05, 0.1) is 22.8 Å². The van der Waals surface area contributed by atoms with Crippen LogP contribution >= 0.6 is 0 Å². The predicted molar refractivity (Wildman–Crippen MR) is 357 cm³/mol.